The highest BCUT2D eigenvalue weighted by molar-refractivity contribution is 6.72. The average Bonchev–Trinajstić information content (AvgIpc) is 3.31. The number of hydrogen-bond donors (Lipinski definition) is 2. The van der Waals surface area contributed by atoms with Gasteiger partial charge >= 0.3 is 0 Å². The van der Waals surface area contributed by atoms with Gasteiger partial charge in [-0.25, -0.2) is 0 Å². The summed E-state index contributed by atoms with van der Waals surface area (Å²) >= 11 is 0. The van der Waals surface area contributed by atoms with E-state index >= 15 is 4.11 Å². The van der Waals surface area contributed by atoms with Crippen molar-refractivity contribution >= 4 is 25.9 Å². The molecule has 0 bridgehead atoms. The molecule has 0 unspecified atom stereocenters. The van der Waals surface area contributed by atoms with Gasteiger partial charge in [-0.15, -0.1) is 0 Å². The molecule has 1 aromatic rings. The Labute approximate surface area is 171 Å². The molecule has 4 rings (SSSR count). The third kappa shape index (κ3) is 3.12. The van der Waals surface area contributed by atoms with Gasteiger partial charge < -0.3 is 24.2 Å². The maximum Gasteiger partial charge on any atom is 0.261 e. The smallest absolute Gasteiger partial charge is 0.261 e. The van der Waals surface area contributed by atoms with E-state index in [0.717, 1.165) is 18.4 Å². The van der Waals surface area contributed by atoms with Crippen LogP contribution in [0.25, 0.3) is 0 Å². The lowest BCUT2D eigenvalue weighted by atomic mass is 9.82. The van der Waals surface area contributed by atoms with Crippen molar-refractivity contribution in [2.75, 3.05) is 18.5 Å². The number of carbonyl (C=O) groups excluding carboxylic acids is 2. The van der Waals surface area contributed by atoms with Crippen molar-refractivity contribution < 1.29 is 23.5 Å². The number of halogens is 1. The number of anilines is 1. The second kappa shape index (κ2) is 7.18. The minimum absolute atomic E-state index is 0.0308. The van der Waals surface area contributed by atoms with Gasteiger partial charge in [-0.05, 0) is 32.0 Å². The first-order valence-corrected chi connectivity index (χ1v) is 13.3. The Bertz CT molecular complexity index is 829. The van der Waals surface area contributed by atoms with E-state index in [9.17, 15) is 14.7 Å². The Balaban J connectivity index is 1.67. The molecule has 1 aromatic carbocycles. The quantitative estimate of drug-likeness (QED) is 0.580. The molecule has 3 aliphatic heterocycles. The summed E-state index contributed by atoms with van der Waals surface area (Å²) < 4.78 is 21.8. The molecule has 158 valence electrons. The lowest BCUT2D eigenvalue weighted by Crippen LogP contribution is -2.42. The van der Waals surface area contributed by atoms with Crippen LogP contribution in [0.15, 0.2) is 24.3 Å². The normalized spacial score (nSPS) is 34.0. The molecule has 29 heavy (non-hydrogen) atoms. The zero-order valence-corrected chi connectivity index (χ0v) is 18.2. The van der Waals surface area contributed by atoms with E-state index in [-0.39, 0.29) is 36.8 Å². The number of hydrogen-bond acceptors (Lipinski definition) is 4. The van der Waals surface area contributed by atoms with Crippen LogP contribution in [0.5, 0.6) is 0 Å². The summed E-state index contributed by atoms with van der Waals surface area (Å²) in [5.74, 6) is -0.799. The van der Waals surface area contributed by atoms with Crippen molar-refractivity contribution in [3.8, 4) is 0 Å². The van der Waals surface area contributed by atoms with Crippen LogP contribution in [0.3, 0.4) is 0 Å². The van der Waals surface area contributed by atoms with Gasteiger partial charge in [0.25, 0.3) is 5.91 Å². The van der Waals surface area contributed by atoms with Crippen LogP contribution in [-0.2, 0) is 19.9 Å². The third-order valence-corrected chi connectivity index (χ3v) is 9.36. The SMILES string of the molecule is C[C@@H]1[C@@H]([Si](C)(C)F)[C@H](CC(=O)N2CCC[C@H]2CO)O[C@@]12C(=O)Nc1ccccc12. The standard InChI is InChI=1S/C21H29FN2O4Si/c1-13-19(29(2,3)22)17(11-18(26)24-10-6-7-14(24)12-25)28-21(13)15-8-4-5-9-16(15)23-20(21)27/h4-5,8-9,13-14,17,19,25H,6-7,10-12H2,1-3H3,(H,23,27)/t13-,14+,17+,19-,21+/m1/s1. The fourth-order valence-electron chi connectivity index (χ4n) is 5.67. The molecule has 2 N–H and O–H groups in total. The van der Waals surface area contributed by atoms with E-state index in [4.69, 9.17) is 4.74 Å². The molecular weight excluding hydrogens is 391 g/mol. The first-order valence-electron chi connectivity index (χ1n) is 10.4. The number of amides is 2. The van der Waals surface area contributed by atoms with E-state index < -0.39 is 25.7 Å². The second-order valence-corrected chi connectivity index (χ2v) is 12.8. The minimum atomic E-state index is -3.25. The van der Waals surface area contributed by atoms with Gasteiger partial charge in [-0.3, -0.25) is 9.59 Å². The fourth-order valence-corrected chi connectivity index (χ4v) is 8.16. The summed E-state index contributed by atoms with van der Waals surface area (Å²) in [7, 11) is -3.25. The molecule has 0 radical (unpaired) electrons. The maximum absolute atomic E-state index is 15.5. The summed E-state index contributed by atoms with van der Waals surface area (Å²) in [5, 5.41) is 12.4. The molecule has 0 aliphatic carbocycles. The Morgan fingerprint density at radius 2 is 2.14 bits per heavy atom. The topological polar surface area (TPSA) is 78.9 Å². The van der Waals surface area contributed by atoms with Gasteiger partial charge in [0.15, 0.2) is 5.60 Å². The largest absolute Gasteiger partial charge is 0.394 e. The Kier molecular flexibility index (Phi) is 5.07. The lowest BCUT2D eigenvalue weighted by molar-refractivity contribution is -0.148. The summed E-state index contributed by atoms with van der Waals surface area (Å²) in [5.41, 5.74) is -0.332. The van der Waals surface area contributed by atoms with Crippen LogP contribution in [0, 0.1) is 5.92 Å². The Morgan fingerprint density at radius 3 is 2.83 bits per heavy atom. The first kappa shape index (κ1) is 20.5. The van der Waals surface area contributed by atoms with E-state index in [1.54, 1.807) is 18.0 Å². The maximum atomic E-state index is 15.5. The van der Waals surface area contributed by atoms with Crippen molar-refractivity contribution in [2.45, 2.75) is 62.6 Å². The van der Waals surface area contributed by atoms with Crippen molar-refractivity contribution in [3.63, 3.8) is 0 Å². The average molecular weight is 421 g/mol. The number of ether oxygens (including phenoxy) is 1. The molecular formula is C21H29FN2O4Si. The summed E-state index contributed by atoms with van der Waals surface area (Å²) in [4.78, 5) is 27.7. The van der Waals surface area contributed by atoms with E-state index in [0.29, 0.717) is 12.2 Å². The van der Waals surface area contributed by atoms with Gasteiger partial charge in [0.1, 0.15) is 0 Å². The number of aliphatic hydroxyl groups is 1. The number of likely N-dealkylation sites (tertiary alicyclic amines) is 1. The second-order valence-electron chi connectivity index (χ2n) is 9.04. The number of carbonyl (C=O) groups is 2. The van der Waals surface area contributed by atoms with Crippen LogP contribution in [0.4, 0.5) is 9.80 Å². The van der Waals surface area contributed by atoms with Crippen LogP contribution >= 0.6 is 0 Å². The minimum Gasteiger partial charge on any atom is -0.394 e. The molecule has 8 heteroatoms. The number of aliphatic hydroxyl groups excluding tert-OH is 1. The zero-order chi connectivity index (χ0) is 21.0. The molecule has 0 saturated carbocycles. The predicted octanol–water partition coefficient (Wildman–Crippen LogP) is 2.79. The Morgan fingerprint density at radius 1 is 1.41 bits per heavy atom. The Hall–Kier alpha value is -1.77. The number of rotatable bonds is 4. The zero-order valence-electron chi connectivity index (χ0n) is 17.2. The van der Waals surface area contributed by atoms with Crippen molar-refractivity contribution in [1.29, 1.82) is 0 Å². The van der Waals surface area contributed by atoms with E-state index in [1.165, 1.54) is 0 Å². The highest BCUT2D eigenvalue weighted by atomic mass is 28.4. The fraction of sp³-hybridized carbons (Fsp3) is 0.619. The summed E-state index contributed by atoms with van der Waals surface area (Å²) in [6, 6.07) is 7.17. The van der Waals surface area contributed by atoms with Crippen LogP contribution in [-0.4, -0.2) is 55.5 Å². The number of nitrogens with zero attached hydrogens (tertiary/aromatic N) is 1. The number of benzene rings is 1. The van der Waals surface area contributed by atoms with Gasteiger partial charge in [-0.1, -0.05) is 25.1 Å². The van der Waals surface area contributed by atoms with Gasteiger partial charge in [0, 0.05) is 29.3 Å². The van der Waals surface area contributed by atoms with Crippen LogP contribution < -0.4 is 5.32 Å². The lowest BCUT2D eigenvalue weighted by Gasteiger charge is -2.31. The molecule has 3 aliphatic rings. The highest BCUT2D eigenvalue weighted by Gasteiger charge is 2.65. The van der Waals surface area contributed by atoms with Crippen LogP contribution in [0.1, 0.15) is 31.7 Å². The molecule has 5 atom stereocenters. The van der Waals surface area contributed by atoms with E-state index in [2.05, 4.69) is 5.32 Å². The van der Waals surface area contributed by atoms with Gasteiger partial charge in [-0.2, -0.15) is 0 Å². The van der Waals surface area contributed by atoms with Crippen molar-refractivity contribution in [2.24, 2.45) is 5.92 Å². The molecule has 2 amide bonds. The first-order chi connectivity index (χ1) is 13.7. The predicted molar refractivity (Wildman–Crippen MR) is 110 cm³/mol. The monoisotopic (exact) mass is 420 g/mol. The molecule has 2 saturated heterocycles. The number of fused-ring (bicyclic) bond motifs is 2. The number of para-hydroxylation sites is 1. The molecule has 3 heterocycles. The summed E-state index contributed by atoms with van der Waals surface area (Å²) in [6.45, 7) is 5.65. The summed E-state index contributed by atoms with van der Waals surface area (Å²) in [6.07, 6.45) is 0.992. The van der Waals surface area contributed by atoms with Crippen molar-refractivity contribution in [3.05, 3.63) is 29.8 Å². The highest BCUT2D eigenvalue weighted by Crippen LogP contribution is 2.58. The molecule has 0 aromatic heterocycles. The van der Waals surface area contributed by atoms with Crippen LogP contribution in [0.2, 0.25) is 18.6 Å². The van der Waals surface area contributed by atoms with E-state index in [1.807, 2.05) is 31.2 Å². The van der Waals surface area contributed by atoms with Gasteiger partial charge in [0.2, 0.25) is 14.3 Å². The number of nitrogens with one attached hydrogen (secondary N) is 1. The molecule has 2 fully saturated rings. The van der Waals surface area contributed by atoms with Crippen molar-refractivity contribution in [1.82, 2.24) is 4.90 Å². The van der Waals surface area contributed by atoms with Gasteiger partial charge in [0.05, 0.1) is 25.2 Å². The molecule has 1 spiro atoms. The third-order valence-electron chi connectivity index (χ3n) is 6.91. The molecule has 6 nitrogen and oxygen atoms in total.